The van der Waals surface area contributed by atoms with Crippen LogP contribution in [0.3, 0.4) is 0 Å². The lowest BCUT2D eigenvalue weighted by atomic mass is 10.2. The largest absolute Gasteiger partial charge is 0.486 e. The molecule has 1 atom stereocenters. The van der Waals surface area contributed by atoms with Gasteiger partial charge in [0.2, 0.25) is 5.89 Å². The molecule has 5 rings (SSSR count). The van der Waals surface area contributed by atoms with E-state index in [4.69, 9.17) is 13.9 Å². The number of rotatable bonds is 8. The van der Waals surface area contributed by atoms with Crippen LogP contribution in [0.4, 0.5) is 0 Å². The van der Waals surface area contributed by atoms with Gasteiger partial charge in [0, 0.05) is 17.0 Å². The molecule has 0 spiro atoms. The van der Waals surface area contributed by atoms with Crippen molar-refractivity contribution in [2.45, 2.75) is 51.1 Å². The summed E-state index contributed by atoms with van der Waals surface area (Å²) in [6.45, 7) is 7.91. The van der Waals surface area contributed by atoms with E-state index in [1.807, 2.05) is 44.2 Å². The van der Waals surface area contributed by atoms with Crippen LogP contribution in [0.1, 0.15) is 40.5 Å². The summed E-state index contributed by atoms with van der Waals surface area (Å²) in [4.78, 5) is 15.3. The highest BCUT2D eigenvalue weighted by Gasteiger charge is 2.24. The number of fused-ring (bicyclic) bond motifs is 1. The Bertz CT molecular complexity index is 1140. The Labute approximate surface area is 197 Å². The molecule has 174 valence electrons. The van der Waals surface area contributed by atoms with Gasteiger partial charge in [-0.25, -0.2) is 0 Å². The smallest absolute Gasteiger partial charge is 0.277 e. The molecule has 0 N–H and O–H groups in total. The number of ketones is 1. The maximum atomic E-state index is 13.0. The molecule has 2 aliphatic heterocycles. The summed E-state index contributed by atoms with van der Waals surface area (Å²) in [5.74, 6) is 2.44. The predicted molar refractivity (Wildman–Crippen MR) is 124 cm³/mol. The molecule has 0 bridgehead atoms. The first-order valence-electron chi connectivity index (χ1n) is 11.3. The monoisotopic (exact) mass is 468 g/mol. The van der Waals surface area contributed by atoms with Crippen molar-refractivity contribution in [2.75, 3.05) is 25.4 Å². The van der Waals surface area contributed by atoms with E-state index in [1.54, 1.807) is 0 Å². The van der Waals surface area contributed by atoms with Crippen LogP contribution in [0.2, 0.25) is 0 Å². The molecule has 2 aliphatic rings. The zero-order chi connectivity index (χ0) is 22.8. The zero-order valence-corrected chi connectivity index (χ0v) is 19.8. The summed E-state index contributed by atoms with van der Waals surface area (Å²) in [5, 5.41) is 8.67. The van der Waals surface area contributed by atoms with Crippen LogP contribution in [-0.2, 0) is 13.1 Å². The fourth-order valence-corrected chi connectivity index (χ4v) is 5.08. The number of carbonyl (C=O) groups excluding carboxylic acids is 1. The summed E-state index contributed by atoms with van der Waals surface area (Å²) in [6, 6.07) is 9.63. The first-order chi connectivity index (χ1) is 16.1. The predicted octanol–water partition coefficient (Wildman–Crippen LogP) is 3.90. The molecule has 2 aromatic heterocycles. The van der Waals surface area contributed by atoms with E-state index in [0.717, 1.165) is 36.0 Å². The van der Waals surface area contributed by atoms with Gasteiger partial charge >= 0.3 is 0 Å². The summed E-state index contributed by atoms with van der Waals surface area (Å²) >= 11 is 1.29. The van der Waals surface area contributed by atoms with Crippen LogP contribution in [-0.4, -0.2) is 57.0 Å². The highest BCUT2D eigenvalue weighted by Crippen LogP contribution is 2.32. The van der Waals surface area contributed by atoms with Crippen LogP contribution < -0.4 is 9.47 Å². The van der Waals surface area contributed by atoms with Crippen LogP contribution >= 0.6 is 11.8 Å². The summed E-state index contributed by atoms with van der Waals surface area (Å²) < 4.78 is 19.8. The quantitative estimate of drug-likeness (QED) is 0.364. The Balaban J connectivity index is 1.19. The van der Waals surface area contributed by atoms with Gasteiger partial charge < -0.3 is 18.5 Å². The first kappa shape index (κ1) is 22.0. The van der Waals surface area contributed by atoms with Crippen molar-refractivity contribution in [2.24, 2.45) is 0 Å². The van der Waals surface area contributed by atoms with E-state index >= 15 is 0 Å². The number of hydrogen-bond acceptors (Lipinski definition) is 8. The number of nitrogens with zero attached hydrogens (tertiary/aromatic N) is 4. The summed E-state index contributed by atoms with van der Waals surface area (Å²) in [6.07, 6.45) is 2.32. The molecule has 8 nitrogen and oxygen atoms in total. The fourth-order valence-electron chi connectivity index (χ4n) is 4.42. The lowest BCUT2D eigenvalue weighted by Crippen LogP contribution is -2.33. The number of thioether (sulfide) groups is 1. The SMILES string of the molecule is Cc1cc(C(=O)CSc2nnc(CN3CCCC3)o2)c(C)n1CC1COc2ccccc2O1. The minimum Gasteiger partial charge on any atom is -0.486 e. The standard InChI is InChI=1S/C24H28N4O4S/c1-16-11-19(17(2)28(16)12-18-14-30-21-7-3-4-8-22(21)31-18)20(29)15-33-24-26-25-23(32-24)13-27-9-5-6-10-27/h3-4,7-8,11,18H,5-6,9-10,12-15H2,1-2H3. The van der Waals surface area contributed by atoms with Crippen molar-refractivity contribution >= 4 is 17.5 Å². The van der Waals surface area contributed by atoms with E-state index in [1.165, 1.54) is 24.6 Å². The maximum absolute atomic E-state index is 13.0. The topological polar surface area (TPSA) is 82.6 Å². The highest BCUT2D eigenvalue weighted by molar-refractivity contribution is 7.99. The average Bonchev–Trinajstić information content (AvgIpc) is 3.56. The van der Waals surface area contributed by atoms with Crippen molar-refractivity contribution in [3.63, 3.8) is 0 Å². The second-order valence-corrected chi connectivity index (χ2v) is 9.48. The van der Waals surface area contributed by atoms with E-state index < -0.39 is 0 Å². The lowest BCUT2D eigenvalue weighted by Gasteiger charge is -2.27. The molecule has 1 saturated heterocycles. The Morgan fingerprint density at radius 3 is 2.76 bits per heavy atom. The Morgan fingerprint density at radius 1 is 1.15 bits per heavy atom. The number of aryl methyl sites for hydroxylation is 1. The third-order valence-corrected chi connectivity index (χ3v) is 6.98. The van der Waals surface area contributed by atoms with Gasteiger partial charge in [-0.2, -0.15) is 0 Å². The number of hydrogen-bond donors (Lipinski definition) is 0. The van der Waals surface area contributed by atoms with Crippen molar-refractivity contribution in [1.82, 2.24) is 19.7 Å². The lowest BCUT2D eigenvalue weighted by molar-refractivity contribution is 0.0777. The molecule has 1 fully saturated rings. The minimum absolute atomic E-state index is 0.0461. The molecular weight excluding hydrogens is 440 g/mol. The van der Waals surface area contributed by atoms with E-state index in [0.29, 0.717) is 36.4 Å². The number of benzene rings is 1. The number of para-hydroxylation sites is 2. The third-order valence-electron chi connectivity index (χ3n) is 6.16. The van der Waals surface area contributed by atoms with Crippen molar-refractivity contribution < 1.29 is 18.7 Å². The minimum atomic E-state index is -0.116. The third kappa shape index (κ3) is 4.94. The number of ether oxygens (including phenoxy) is 2. The van der Waals surface area contributed by atoms with Crippen LogP contribution in [0.25, 0.3) is 0 Å². The van der Waals surface area contributed by atoms with Gasteiger partial charge in [-0.1, -0.05) is 23.9 Å². The van der Waals surface area contributed by atoms with Gasteiger partial charge in [-0.15, -0.1) is 10.2 Å². The summed E-state index contributed by atoms with van der Waals surface area (Å²) in [5.41, 5.74) is 2.67. The zero-order valence-electron chi connectivity index (χ0n) is 19.0. The molecule has 9 heteroatoms. The van der Waals surface area contributed by atoms with E-state index in [9.17, 15) is 4.79 Å². The van der Waals surface area contributed by atoms with Crippen LogP contribution in [0, 0.1) is 13.8 Å². The van der Waals surface area contributed by atoms with Crippen molar-refractivity contribution in [3.05, 3.63) is 53.2 Å². The molecule has 0 aliphatic carbocycles. The second kappa shape index (κ2) is 9.61. The molecule has 3 aromatic rings. The fraction of sp³-hybridized carbons (Fsp3) is 0.458. The highest BCUT2D eigenvalue weighted by atomic mass is 32.2. The van der Waals surface area contributed by atoms with Crippen molar-refractivity contribution in [3.8, 4) is 11.5 Å². The summed E-state index contributed by atoms with van der Waals surface area (Å²) in [7, 11) is 0. The number of Topliss-reactive ketones (excluding diaryl/α,β-unsaturated/α-hetero) is 1. The molecule has 4 heterocycles. The molecule has 0 amide bonds. The van der Waals surface area contributed by atoms with Crippen LogP contribution in [0.5, 0.6) is 11.5 Å². The number of aromatic nitrogens is 3. The molecule has 33 heavy (non-hydrogen) atoms. The van der Waals surface area contributed by atoms with Gasteiger partial charge in [0.05, 0.1) is 18.8 Å². The Hall–Kier alpha value is -2.78. The van der Waals surface area contributed by atoms with E-state index in [-0.39, 0.29) is 17.6 Å². The molecular formula is C24H28N4O4S. The Morgan fingerprint density at radius 2 is 1.94 bits per heavy atom. The molecule has 0 radical (unpaired) electrons. The van der Waals surface area contributed by atoms with Crippen LogP contribution in [0.15, 0.2) is 40.0 Å². The normalized spacial score (nSPS) is 18.1. The van der Waals surface area contributed by atoms with Crippen molar-refractivity contribution in [1.29, 1.82) is 0 Å². The van der Waals surface area contributed by atoms with Gasteiger partial charge in [-0.05, 0) is 58.0 Å². The number of carbonyl (C=O) groups is 1. The van der Waals surface area contributed by atoms with Gasteiger partial charge in [0.1, 0.15) is 6.61 Å². The Kier molecular flexibility index (Phi) is 6.41. The average molecular weight is 469 g/mol. The first-order valence-corrected chi connectivity index (χ1v) is 12.3. The second-order valence-electron chi connectivity index (χ2n) is 8.55. The molecule has 0 saturated carbocycles. The maximum Gasteiger partial charge on any atom is 0.277 e. The van der Waals surface area contributed by atoms with Gasteiger partial charge in [0.25, 0.3) is 5.22 Å². The number of likely N-dealkylation sites (tertiary alicyclic amines) is 1. The van der Waals surface area contributed by atoms with E-state index in [2.05, 4.69) is 19.7 Å². The van der Waals surface area contributed by atoms with Gasteiger partial charge in [0.15, 0.2) is 23.4 Å². The molecule has 1 aromatic carbocycles. The molecule has 1 unspecified atom stereocenters. The van der Waals surface area contributed by atoms with Gasteiger partial charge in [-0.3, -0.25) is 9.69 Å².